The first-order chi connectivity index (χ1) is 15.0. The molecule has 1 aliphatic rings. The monoisotopic (exact) mass is 442 g/mol. The average Bonchev–Trinajstić information content (AvgIpc) is 2.76. The maximum absolute atomic E-state index is 12.7. The fraction of sp³-hybridized carbons (Fsp3) is 0.333. The van der Waals surface area contributed by atoms with E-state index in [2.05, 4.69) is 17.6 Å². The molecule has 0 saturated heterocycles. The highest BCUT2D eigenvalue weighted by molar-refractivity contribution is 6.30. The van der Waals surface area contributed by atoms with E-state index in [0.717, 1.165) is 24.0 Å². The molecule has 0 fully saturated rings. The zero-order valence-electron chi connectivity index (χ0n) is 17.7. The maximum Gasteiger partial charge on any atom is 0.338 e. The first-order valence-corrected chi connectivity index (χ1v) is 10.8. The Morgan fingerprint density at radius 2 is 1.90 bits per heavy atom. The van der Waals surface area contributed by atoms with E-state index in [1.165, 1.54) is 0 Å². The van der Waals surface area contributed by atoms with Gasteiger partial charge in [-0.3, -0.25) is 0 Å². The van der Waals surface area contributed by atoms with Gasteiger partial charge >= 0.3 is 12.0 Å². The molecule has 7 heteroatoms. The van der Waals surface area contributed by atoms with Crippen LogP contribution in [-0.2, 0) is 16.1 Å². The summed E-state index contributed by atoms with van der Waals surface area (Å²) in [6.07, 6.45) is 2.42. The third-order valence-electron chi connectivity index (χ3n) is 4.94. The van der Waals surface area contributed by atoms with E-state index in [4.69, 9.17) is 21.1 Å². The number of amides is 2. The molecule has 0 spiro atoms. The Bertz CT molecular complexity index is 956. The third kappa shape index (κ3) is 6.01. The van der Waals surface area contributed by atoms with E-state index in [1.807, 2.05) is 48.5 Å². The number of allylic oxidation sites excluding steroid dienone is 1. The standard InChI is InChI=1S/C24H27ClN2O4/c1-3-5-9-20-21(23(28)30-4-2)22(27-24(29)26-20)17-10-12-19(13-11-17)31-15-16-7-6-8-18(25)14-16/h6-8,10-14,22H,3-5,9,15H2,1-2H3,(H2,26,27,29). The third-order valence-corrected chi connectivity index (χ3v) is 5.17. The molecule has 1 heterocycles. The van der Waals surface area contributed by atoms with Gasteiger partial charge in [-0.15, -0.1) is 0 Å². The molecule has 0 aliphatic carbocycles. The summed E-state index contributed by atoms with van der Waals surface area (Å²) in [7, 11) is 0. The lowest BCUT2D eigenvalue weighted by molar-refractivity contribution is -0.139. The number of nitrogens with one attached hydrogen (secondary N) is 2. The quantitative estimate of drug-likeness (QED) is 0.518. The number of hydrogen-bond donors (Lipinski definition) is 2. The highest BCUT2D eigenvalue weighted by Crippen LogP contribution is 2.30. The van der Waals surface area contributed by atoms with Crippen LogP contribution in [0.1, 0.15) is 50.3 Å². The highest BCUT2D eigenvalue weighted by Gasteiger charge is 2.33. The van der Waals surface area contributed by atoms with Crippen molar-refractivity contribution in [3.8, 4) is 5.75 Å². The van der Waals surface area contributed by atoms with Gasteiger partial charge in [0.2, 0.25) is 0 Å². The summed E-state index contributed by atoms with van der Waals surface area (Å²) in [5.74, 6) is 0.254. The van der Waals surface area contributed by atoms with Crippen LogP contribution in [0.5, 0.6) is 5.75 Å². The smallest absolute Gasteiger partial charge is 0.338 e. The van der Waals surface area contributed by atoms with Crippen LogP contribution in [0.15, 0.2) is 59.8 Å². The van der Waals surface area contributed by atoms with Gasteiger partial charge in [-0.2, -0.15) is 0 Å². The summed E-state index contributed by atoms with van der Waals surface area (Å²) >= 11 is 6.01. The predicted octanol–water partition coefficient (Wildman–Crippen LogP) is 5.28. The zero-order chi connectivity index (χ0) is 22.2. The van der Waals surface area contributed by atoms with Crippen molar-refractivity contribution in [1.29, 1.82) is 0 Å². The van der Waals surface area contributed by atoms with E-state index in [-0.39, 0.29) is 12.6 Å². The van der Waals surface area contributed by atoms with Crippen LogP contribution >= 0.6 is 11.6 Å². The molecule has 0 aromatic heterocycles. The number of rotatable bonds is 9. The summed E-state index contributed by atoms with van der Waals surface area (Å²) < 4.78 is 11.1. The molecule has 2 N–H and O–H groups in total. The lowest BCUT2D eigenvalue weighted by Gasteiger charge is -2.29. The van der Waals surface area contributed by atoms with Crippen molar-refractivity contribution in [1.82, 2.24) is 10.6 Å². The average molecular weight is 443 g/mol. The lowest BCUT2D eigenvalue weighted by atomic mass is 9.93. The SMILES string of the molecule is CCCCC1=C(C(=O)OCC)C(c2ccc(OCc3cccc(Cl)c3)cc2)NC(=O)N1. The second-order valence-corrected chi connectivity index (χ2v) is 7.67. The van der Waals surface area contributed by atoms with Crippen LogP contribution in [0.3, 0.4) is 0 Å². The summed E-state index contributed by atoms with van der Waals surface area (Å²) in [4.78, 5) is 25.0. The Morgan fingerprint density at radius 3 is 2.58 bits per heavy atom. The van der Waals surface area contributed by atoms with Crippen molar-refractivity contribution >= 4 is 23.6 Å². The van der Waals surface area contributed by atoms with Crippen LogP contribution in [0.25, 0.3) is 0 Å². The number of urea groups is 1. The number of benzene rings is 2. The first-order valence-electron chi connectivity index (χ1n) is 10.5. The number of ether oxygens (including phenoxy) is 2. The molecule has 2 aromatic rings. The molecule has 2 aromatic carbocycles. The Hall–Kier alpha value is -2.99. The van der Waals surface area contributed by atoms with E-state index in [0.29, 0.717) is 35.1 Å². The molecule has 31 heavy (non-hydrogen) atoms. The molecule has 0 radical (unpaired) electrons. The Morgan fingerprint density at radius 1 is 1.13 bits per heavy atom. The Kier molecular flexibility index (Phi) is 7.95. The fourth-order valence-electron chi connectivity index (χ4n) is 3.42. The molecule has 164 valence electrons. The molecular weight excluding hydrogens is 416 g/mol. The van der Waals surface area contributed by atoms with Gasteiger partial charge in [0.15, 0.2) is 0 Å². The van der Waals surface area contributed by atoms with E-state index >= 15 is 0 Å². The second-order valence-electron chi connectivity index (χ2n) is 7.24. The molecule has 0 bridgehead atoms. The minimum atomic E-state index is -0.582. The van der Waals surface area contributed by atoms with Crippen molar-refractivity contribution in [3.63, 3.8) is 0 Å². The largest absolute Gasteiger partial charge is 0.489 e. The number of carbonyl (C=O) groups excluding carboxylic acids is 2. The lowest BCUT2D eigenvalue weighted by Crippen LogP contribution is -2.46. The predicted molar refractivity (Wildman–Crippen MR) is 120 cm³/mol. The summed E-state index contributed by atoms with van der Waals surface area (Å²) in [5, 5.41) is 6.30. The Balaban J connectivity index is 1.81. The minimum absolute atomic E-state index is 0.264. The van der Waals surface area contributed by atoms with Crippen LogP contribution in [0.2, 0.25) is 5.02 Å². The van der Waals surface area contributed by atoms with Crippen LogP contribution in [0, 0.1) is 0 Å². The molecule has 1 aliphatic heterocycles. The van der Waals surface area contributed by atoms with Crippen molar-refractivity contribution < 1.29 is 19.1 Å². The molecule has 1 atom stereocenters. The number of hydrogen-bond acceptors (Lipinski definition) is 4. The van der Waals surface area contributed by atoms with Gasteiger partial charge in [0.25, 0.3) is 0 Å². The van der Waals surface area contributed by atoms with Crippen LogP contribution in [-0.4, -0.2) is 18.6 Å². The molecule has 2 amide bonds. The normalized spacial score (nSPS) is 15.8. The van der Waals surface area contributed by atoms with Crippen LogP contribution < -0.4 is 15.4 Å². The van der Waals surface area contributed by atoms with Gasteiger partial charge < -0.3 is 20.1 Å². The van der Waals surface area contributed by atoms with Crippen LogP contribution in [0.4, 0.5) is 4.79 Å². The number of carbonyl (C=O) groups is 2. The van der Waals surface area contributed by atoms with E-state index < -0.39 is 12.0 Å². The van der Waals surface area contributed by atoms with Crippen molar-refractivity contribution in [2.24, 2.45) is 0 Å². The van der Waals surface area contributed by atoms with Gasteiger partial charge in [-0.05, 0) is 55.2 Å². The molecule has 1 unspecified atom stereocenters. The summed E-state index contributed by atoms with van der Waals surface area (Å²) in [6, 6.07) is 13.9. The van der Waals surface area contributed by atoms with Gasteiger partial charge in [-0.1, -0.05) is 49.2 Å². The van der Waals surface area contributed by atoms with Gasteiger partial charge in [-0.25, -0.2) is 9.59 Å². The molecule has 3 rings (SSSR count). The van der Waals surface area contributed by atoms with Gasteiger partial charge in [0.1, 0.15) is 12.4 Å². The zero-order valence-corrected chi connectivity index (χ0v) is 18.5. The summed E-state index contributed by atoms with van der Waals surface area (Å²) in [6.45, 7) is 4.48. The topological polar surface area (TPSA) is 76.7 Å². The summed E-state index contributed by atoms with van der Waals surface area (Å²) in [5.41, 5.74) is 2.81. The number of halogens is 1. The Labute approximate surface area is 187 Å². The number of esters is 1. The fourth-order valence-corrected chi connectivity index (χ4v) is 3.63. The molecule has 6 nitrogen and oxygen atoms in total. The van der Waals surface area contributed by atoms with E-state index in [9.17, 15) is 9.59 Å². The maximum atomic E-state index is 12.7. The second kappa shape index (κ2) is 10.9. The van der Waals surface area contributed by atoms with Crippen molar-refractivity contribution in [2.45, 2.75) is 45.8 Å². The van der Waals surface area contributed by atoms with E-state index in [1.54, 1.807) is 6.92 Å². The van der Waals surface area contributed by atoms with Gasteiger partial charge in [0, 0.05) is 10.7 Å². The molecular formula is C24H27ClN2O4. The van der Waals surface area contributed by atoms with Gasteiger partial charge in [0.05, 0.1) is 18.2 Å². The van der Waals surface area contributed by atoms with Crippen molar-refractivity contribution in [2.75, 3.05) is 6.61 Å². The minimum Gasteiger partial charge on any atom is -0.489 e. The highest BCUT2D eigenvalue weighted by atomic mass is 35.5. The van der Waals surface area contributed by atoms with Crippen molar-refractivity contribution in [3.05, 3.63) is 76.0 Å². The first kappa shape index (κ1) is 22.7. The molecule has 0 saturated carbocycles. The number of unbranched alkanes of at least 4 members (excludes halogenated alkanes) is 1.